The second-order valence-corrected chi connectivity index (χ2v) is 10.3. The van der Waals surface area contributed by atoms with E-state index in [0.29, 0.717) is 11.3 Å². The van der Waals surface area contributed by atoms with Gasteiger partial charge < -0.3 is 24.5 Å². The molecule has 2 fully saturated rings. The maximum absolute atomic E-state index is 12.8. The minimum absolute atomic E-state index is 0.0190. The van der Waals surface area contributed by atoms with Gasteiger partial charge in [-0.3, -0.25) is 9.69 Å². The van der Waals surface area contributed by atoms with Crippen LogP contribution in [0.4, 0.5) is 5.69 Å². The van der Waals surface area contributed by atoms with E-state index in [1.807, 2.05) is 35.2 Å². The molecular weight excluding hydrogens is 476 g/mol. The molecule has 0 spiro atoms. The fourth-order valence-corrected chi connectivity index (χ4v) is 5.69. The molecule has 0 saturated carbocycles. The van der Waals surface area contributed by atoms with Crippen molar-refractivity contribution in [1.29, 1.82) is 5.26 Å². The van der Waals surface area contributed by atoms with Crippen molar-refractivity contribution in [2.24, 2.45) is 0 Å². The number of carbonyl (C=O) groups is 1. The van der Waals surface area contributed by atoms with Gasteiger partial charge >= 0.3 is 0 Å². The number of H-pyrrole nitrogens is 1. The van der Waals surface area contributed by atoms with E-state index in [9.17, 15) is 10.1 Å². The van der Waals surface area contributed by atoms with Crippen LogP contribution < -0.4 is 10.2 Å². The number of fused-ring (bicyclic) bond motifs is 2. The first-order valence-electron chi connectivity index (χ1n) is 13.7. The number of hydrogen-bond donors (Lipinski definition) is 2. The van der Waals surface area contributed by atoms with Gasteiger partial charge in [-0.05, 0) is 73.8 Å². The van der Waals surface area contributed by atoms with Crippen LogP contribution >= 0.6 is 0 Å². The van der Waals surface area contributed by atoms with E-state index in [1.165, 1.54) is 16.6 Å². The summed E-state index contributed by atoms with van der Waals surface area (Å²) in [7, 11) is 0. The van der Waals surface area contributed by atoms with Crippen LogP contribution in [0.1, 0.15) is 34.5 Å². The zero-order valence-electron chi connectivity index (χ0n) is 21.7. The number of amides is 1. The van der Waals surface area contributed by atoms with E-state index in [1.54, 1.807) is 0 Å². The third-order valence-electron chi connectivity index (χ3n) is 7.92. The van der Waals surface area contributed by atoms with Crippen LogP contribution in [0.15, 0.2) is 53.1 Å². The molecule has 2 aromatic heterocycles. The van der Waals surface area contributed by atoms with Crippen LogP contribution in [0.25, 0.3) is 21.9 Å². The number of hydrogen-bond acceptors (Lipinski definition) is 6. The molecule has 0 unspecified atom stereocenters. The fraction of sp³-hybridized carbons (Fsp3) is 0.400. The molecule has 2 aliphatic rings. The summed E-state index contributed by atoms with van der Waals surface area (Å²) in [6.45, 7) is 8.30. The van der Waals surface area contributed by atoms with E-state index in [2.05, 4.69) is 44.5 Å². The van der Waals surface area contributed by atoms with Gasteiger partial charge in [-0.1, -0.05) is 0 Å². The first-order chi connectivity index (χ1) is 18.7. The number of nitrogens with zero attached hydrogens (tertiary/aromatic N) is 4. The largest absolute Gasteiger partial charge is 0.451 e. The summed E-state index contributed by atoms with van der Waals surface area (Å²) < 4.78 is 5.90. The lowest BCUT2D eigenvalue weighted by Gasteiger charge is -2.36. The molecule has 0 radical (unpaired) electrons. The molecule has 4 aromatic rings. The van der Waals surface area contributed by atoms with Crippen LogP contribution in [0.2, 0.25) is 0 Å². The summed E-state index contributed by atoms with van der Waals surface area (Å²) in [4.78, 5) is 23.0. The molecule has 2 N–H and O–H groups in total. The Morgan fingerprint density at radius 1 is 0.974 bits per heavy atom. The molecule has 0 atom stereocenters. The van der Waals surface area contributed by atoms with Crippen LogP contribution in [0, 0.1) is 11.3 Å². The number of nitrogens with one attached hydrogen (secondary N) is 2. The Morgan fingerprint density at radius 2 is 1.82 bits per heavy atom. The lowest BCUT2D eigenvalue weighted by molar-refractivity contribution is 0.0706. The molecule has 6 rings (SSSR count). The number of rotatable bonds is 7. The molecule has 196 valence electrons. The van der Waals surface area contributed by atoms with Gasteiger partial charge in [0.2, 0.25) is 0 Å². The minimum atomic E-state index is -0.0190. The van der Waals surface area contributed by atoms with Crippen molar-refractivity contribution >= 4 is 33.5 Å². The zero-order chi connectivity index (χ0) is 25.9. The van der Waals surface area contributed by atoms with Gasteiger partial charge in [-0.2, -0.15) is 5.26 Å². The highest BCUT2D eigenvalue weighted by atomic mass is 16.3. The Kier molecular flexibility index (Phi) is 7.04. The number of aryl methyl sites for hydroxylation is 1. The number of aromatic nitrogens is 1. The number of nitriles is 1. The fourth-order valence-electron chi connectivity index (χ4n) is 5.69. The SMILES string of the molecule is N#Cc1ccc2[nH]cc(CCCCN3CCN(c4ccc5oc(C(=O)N6CCNCC6)cc5c4)CC3)c2c1. The van der Waals surface area contributed by atoms with Gasteiger partial charge in [-0.25, -0.2) is 0 Å². The molecule has 2 aromatic carbocycles. The van der Waals surface area contributed by atoms with Crippen molar-refractivity contribution < 1.29 is 9.21 Å². The number of furan rings is 1. The lowest BCUT2D eigenvalue weighted by atomic mass is 10.1. The molecule has 8 heteroatoms. The van der Waals surface area contributed by atoms with E-state index >= 15 is 0 Å². The molecule has 8 nitrogen and oxygen atoms in total. The summed E-state index contributed by atoms with van der Waals surface area (Å²) in [6.07, 6.45) is 5.41. The van der Waals surface area contributed by atoms with Crippen molar-refractivity contribution in [3.63, 3.8) is 0 Å². The molecule has 1 amide bonds. The van der Waals surface area contributed by atoms with Crippen LogP contribution in [0.5, 0.6) is 0 Å². The summed E-state index contributed by atoms with van der Waals surface area (Å²) in [5.74, 6) is 0.413. The smallest absolute Gasteiger partial charge is 0.289 e. The Morgan fingerprint density at radius 3 is 2.63 bits per heavy atom. The van der Waals surface area contributed by atoms with Gasteiger partial charge in [0.05, 0.1) is 11.6 Å². The monoisotopic (exact) mass is 510 g/mol. The maximum atomic E-state index is 12.8. The van der Waals surface area contributed by atoms with Crippen molar-refractivity contribution in [3.8, 4) is 6.07 Å². The molecular formula is C30H34N6O2. The average molecular weight is 511 g/mol. The lowest BCUT2D eigenvalue weighted by Crippen LogP contribution is -2.46. The molecule has 0 aliphatic carbocycles. The summed E-state index contributed by atoms with van der Waals surface area (Å²) >= 11 is 0. The number of aromatic amines is 1. The summed E-state index contributed by atoms with van der Waals surface area (Å²) in [5, 5.41) is 14.6. The average Bonchev–Trinajstić information content (AvgIpc) is 3.59. The number of anilines is 1. The van der Waals surface area contributed by atoms with Gasteiger partial charge in [0.25, 0.3) is 5.91 Å². The number of carbonyl (C=O) groups excluding carboxylic acids is 1. The van der Waals surface area contributed by atoms with Crippen molar-refractivity contribution in [2.75, 3.05) is 63.8 Å². The first-order valence-corrected chi connectivity index (χ1v) is 13.7. The Bertz CT molecular complexity index is 1470. The topological polar surface area (TPSA) is 91.5 Å². The van der Waals surface area contributed by atoms with Crippen molar-refractivity contribution in [2.45, 2.75) is 19.3 Å². The molecule has 4 heterocycles. The Labute approximate surface area is 222 Å². The third kappa shape index (κ3) is 5.13. The molecule has 2 saturated heterocycles. The minimum Gasteiger partial charge on any atom is -0.451 e. The van der Waals surface area contributed by atoms with Crippen LogP contribution in [0.3, 0.4) is 0 Å². The van der Waals surface area contributed by atoms with E-state index in [-0.39, 0.29) is 5.91 Å². The van der Waals surface area contributed by atoms with E-state index < -0.39 is 0 Å². The summed E-state index contributed by atoms with van der Waals surface area (Å²) in [6, 6.07) is 16.2. The van der Waals surface area contributed by atoms with Gasteiger partial charge in [0.15, 0.2) is 5.76 Å². The van der Waals surface area contributed by atoms with E-state index in [0.717, 1.165) is 94.7 Å². The standard InChI is InChI=1S/C30H34N6O2/c31-20-22-4-6-27-26(17-22)23(21-33-27)3-1-2-10-34-13-15-35(16-14-34)25-5-7-28-24(18-25)19-29(38-28)30(37)36-11-8-32-9-12-36/h4-7,17-19,21,32-33H,1-3,8-16H2. The highest BCUT2D eigenvalue weighted by Gasteiger charge is 2.22. The highest BCUT2D eigenvalue weighted by Crippen LogP contribution is 2.27. The first kappa shape index (κ1) is 24.5. The normalized spacial score (nSPS) is 16.8. The van der Waals surface area contributed by atoms with Gasteiger partial charge in [0, 0.05) is 80.5 Å². The van der Waals surface area contributed by atoms with Crippen LogP contribution in [-0.2, 0) is 6.42 Å². The number of piperazine rings is 2. The zero-order valence-corrected chi connectivity index (χ0v) is 21.7. The predicted octanol–water partition coefficient (Wildman–Crippen LogP) is 3.98. The van der Waals surface area contributed by atoms with Crippen LogP contribution in [-0.4, -0.2) is 79.6 Å². The highest BCUT2D eigenvalue weighted by molar-refractivity contribution is 5.96. The van der Waals surface area contributed by atoms with Crippen molar-refractivity contribution in [3.05, 3.63) is 65.5 Å². The van der Waals surface area contributed by atoms with Gasteiger partial charge in [-0.15, -0.1) is 0 Å². The molecule has 2 aliphatic heterocycles. The second kappa shape index (κ2) is 10.9. The summed E-state index contributed by atoms with van der Waals surface area (Å²) in [5.41, 5.74) is 5.08. The molecule has 38 heavy (non-hydrogen) atoms. The van der Waals surface area contributed by atoms with Crippen molar-refractivity contribution in [1.82, 2.24) is 20.1 Å². The van der Waals surface area contributed by atoms with E-state index in [4.69, 9.17) is 4.42 Å². The Hall–Kier alpha value is -3.80. The Balaban J connectivity index is 0.992. The third-order valence-corrected chi connectivity index (χ3v) is 7.92. The second-order valence-electron chi connectivity index (χ2n) is 10.3. The number of benzene rings is 2. The predicted molar refractivity (Wildman–Crippen MR) is 150 cm³/mol. The quantitative estimate of drug-likeness (QED) is 0.366. The van der Waals surface area contributed by atoms with Gasteiger partial charge in [0.1, 0.15) is 5.58 Å². The number of unbranched alkanes of at least 4 members (excludes halogenated alkanes) is 1. The maximum Gasteiger partial charge on any atom is 0.289 e. The molecule has 0 bridgehead atoms.